The summed E-state index contributed by atoms with van der Waals surface area (Å²) in [5, 5.41) is 33.1. The van der Waals surface area contributed by atoms with Gasteiger partial charge in [-0.05, 0) is 71.3 Å². The highest BCUT2D eigenvalue weighted by molar-refractivity contribution is 6.12. The molecule has 200 valence electrons. The van der Waals surface area contributed by atoms with Crippen molar-refractivity contribution in [2.75, 3.05) is 0 Å². The fraction of sp³-hybridized carbons (Fsp3) is 0.533. The Kier molecular flexibility index (Phi) is 14.2. The Morgan fingerprint density at radius 3 is 2.47 bits per heavy atom. The molecule has 1 amide bonds. The fourth-order valence-electron chi connectivity index (χ4n) is 4.18. The highest BCUT2D eigenvalue weighted by Gasteiger charge is 2.41. The summed E-state index contributed by atoms with van der Waals surface area (Å²) in [6, 6.07) is 0. The lowest BCUT2D eigenvalue weighted by Gasteiger charge is -2.21. The predicted molar refractivity (Wildman–Crippen MR) is 146 cm³/mol. The first-order valence-corrected chi connectivity index (χ1v) is 12.9. The van der Waals surface area contributed by atoms with Gasteiger partial charge < -0.3 is 20.6 Å². The number of ketones is 1. The van der Waals surface area contributed by atoms with E-state index in [9.17, 15) is 24.9 Å². The van der Waals surface area contributed by atoms with E-state index in [1.54, 1.807) is 25.2 Å². The zero-order valence-corrected chi connectivity index (χ0v) is 22.5. The van der Waals surface area contributed by atoms with Gasteiger partial charge in [-0.1, -0.05) is 73.6 Å². The largest absolute Gasteiger partial charge is 0.393 e. The zero-order valence-electron chi connectivity index (χ0n) is 22.5. The maximum Gasteiger partial charge on any atom is 0.238 e. The smallest absolute Gasteiger partial charge is 0.238 e. The van der Waals surface area contributed by atoms with E-state index in [1.165, 1.54) is 11.1 Å². The normalized spacial score (nSPS) is 22.4. The van der Waals surface area contributed by atoms with Gasteiger partial charge in [0.2, 0.25) is 5.91 Å². The van der Waals surface area contributed by atoms with E-state index in [2.05, 4.69) is 44.8 Å². The molecular weight excluding hydrogens is 454 g/mol. The van der Waals surface area contributed by atoms with Crippen LogP contribution in [0.4, 0.5) is 0 Å². The molecule has 0 aromatic carbocycles. The van der Waals surface area contributed by atoms with E-state index in [0.717, 1.165) is 12.8 Å². The standard InChI is InChI=1S/C30H45NO5/c1-7-20(3)18-21(4)19-24(8-2)26(33)17-11-9-10-15-25(32)16-13-12-14-22(5)28(34)27-29(35)23(6)31-30(27)36/h7,9-11,14-15,18,24-27,29,32-33,35H,6,8,12-13,16-17,19H2,1-5H3,(H,31,36)/b11-9+,15-10+,20-7+,21-18+,22-14-/t24-,25-,26-,27?,29?/m1/s1. The lowest BCUT2D eigenvalue weighted by molar-refractivity contribution is -0.132. The lowest BCUT2D eigenvalue weighted by Crippen LogP contribution is -2.30. The van der Waals surface area contributed by atoms with Gasteiger partial charge in [-0.25, -0.2) is 0 Å². The molecule has 5 atom stereocenters. The summed E-state index contributed by atoms with van der Waals surface area (Å²) in [5.74, 6) is -1.86. The van der Waals surface area contributed by atoms with Crippen molar-refractivity contribution in [2.45, 2.75) is 91.5 Å². The van der Waals surface area contributed by atoms with E-state index in [1.807, 2.05) is 19.1 Å². The number of rotatable bonds is 15. The molecule has 36 heavy (non-hydrogen) atoms. The Labute approximate surface area is 216 Å². The first-order valence-electron chi connectivity index (χ1n) is 12.9. The fourth-order valence-corrected chi connectivity index (χ4v) is 4.18. The predicted octanol–water partition coefficient (Wildman–Crippen LogP) is 4.85. The number of hydrogen-bond donors (Lipinski definition) is 4. The van der Waals surface area contributed by atoms with Crippen LogP contribution in [0, 0.1) is 11.8 Å². The average Bonchev–Trinajstić information content (AvgIpc) is 3.09. The minimum absolute atomic E-state index is 0.150. The summed E-state index contributed by atoms with van der Waals surface area (Å²) in [4.78, 5) is 24.3. The van der Waals surface area contributed by atoms with Crippen molar-refractivity contribution in [3.05, 3.63) is 71.5 Å². The van der Waals surface area contributed by atoms with Gasteiger partial charge in [0.25, 0.3) is 0 Å². The van der Waals surface area contributed by atoms with Gasteiger partial charge in [-0.2, -0.15) is 0 Å². The number of Topliss-reactive ketones (excluding diaryl/α,β-unsaturated/α-hetero) is 1. The van der Waals surface area contributed by atoms with Gasteiger partial charge in [0, 0.05) is 5.70 Å². The SMILES string of the molecule is C=C1NC(=O)C(C(=O)/C(C)=C\CCC[C@H](O)/C=C/C=C/C[C@@H](O)[C@H](CC)C/C(C)=C/C(C)=C/C)C1O. The van der Waals surface area contributed by atoms with Gasteiger partial charge in [0.1, 0.15) is 12.0 Å². The first-order chi connectivity index (χ1) is 17.0. The Balaban J connectivity index is 2.40. The molecule has 0 aliphatic carbocycles. The molecule has 6 heteroatoms. The van der Waals surface area contributed by atoms with Crippen LogP contribution in [-0.4, -0.2) is 45.3 Å². The topological polar surface area (TPSA) is 107 Å². The van der Waals surface area contributed by atoms with Crippen molar-refractivity contribution in [3.63, 3.8) is 0 Å². The molecule has 0 bridgehead atoms. The monoisotopic (exact) mass is 499 g/mol. The molecule has 1 saturated heterocycles. The van der Waals surface area contributed by atoms with Crippen LogP contribution in [0.5, 0.6) is 0 Å². The van der Waals surface area contributed by atoms with Gasteiger partial charge in [0.05, 0.1) is 12.2 Å². The number of allylic oxidation sites excluding steroid dienone is 8. The van der Waals surface area contributed by atoms with Gasteiger partial charge in [-0.15, -0.1) is 0 Å². The number of carbonyl (C=O) groups is 2. The molecule has 4 N–H and O–H groups in total. The van der Waals surface area contributed by atoms with Crippen LogP contribution in [-0.2, 0) is 9.59 Å². The number of carbonyl (C=O) groups excluding carboxylic acids is 2. The summed E-state index contributed by atoms with van der Waals surface area (Å²) in [6.07, 6.45) is 15.1. The molecule has 0 aromatic heterocycles. The van der Waals surface area contributed by atoms with E-state index in [4.69, 9.17) is 0 Å². The molecule has 1 aliphatic rings. The summed E-state index contributed by atoms with van der Waals surface area (Å²) < 4.78 is 0. The number of aliphatic hydroxyl groups excluding tert-OH is 3. The molecule has 0 aromatic rings. The number of unbranched alkanes of at least 4 members (excludes halogenated alkanes) is 1. The molecule has 0 spiro atoms. The first kappa shape index (κ1) is 31.5. The Hall–Kier alpha value is -2.54. The third-order valence-electron chi connectivity index (χ3n) is 6.60. The summed E-state index contributed by atoms with van der Waals surface area (Å²) in [5.41, 5.74) is 3.07. The molecule has 0 radical (unpaired) electrons. The van der Waals surface area contributed by atoms with E-state index < -0.39 is 35.9 Å². The van der Waals surface area contributed by atoms with Gasteiger partial charge in [-0.3, -0.25) is 9.59 Å². The molecule has 1 rings (SSSR count). The van der Waals surface area contributed by atoms with E-state index in [-0.39, 0.29) is 11.6 Å². The second-order valence-corrected chi connectivity index (χ2v) is 9.70. The van der Waals surface area contributed by atoms with E-state index >= 15 is 0 Å². The summed E-state index contributed by atoms with van der Waals surface area (Å²) in [7, 11) is 0. The highest BCUT2D eigenvalue weighted by atomic mass is 16.3. The Morgan fingerprint density at radius 2 is 1.89 bits per heavy atom. The minimum atomic E-state index is -1.20. The second kappa shape index (κ2) is 16.3. The quantitative estimate of drug-likeness (QED) is 0.112. The van der Waals surface area contributed by atoms with Crippen LogP contribution < -0.4 is 5.32 Å². The van der Waals surface area contributed by atoms with Crippen molar-refractivity contribution in [1.29, 1.82) is 0 Å². The van der Waals surface area contributed by atoms with Crippen LogP contribution >= 0.6 is 0 Å². The van der Waals surface area contributed by atoms with Crippen LogP contribution in [0.15, 0.2) is 71.5 Å². The third kappa shape index (κ3) is 10.6. The van der Waals surface area contributed by atoms with E-state index in [0.29, 0.717) is 31.3 Å². The molecule has 1 aliphatic heterocycles. The van der Waals surface area contributed by atoms with Crippen molar-refractivity contribution in [3.8, 4) is 0 Å². The van der Waals surface area contributed by atoms with Crippen molar-refractivity contribution in [2.24, 2.45) is 11.8 Å². The zero-order chi connectivity index (χ0) is 27.3. The lowest BCUT2D eigenvalue weighted by atomic mass is 9.89. The van der Waals surface area contributed by atoms with Crippen LogP contribution in [0.25, 0.3) is 0 Å². The van der Waals surface area contributed by atoms with Crippen LogP contribution in [0.3, 0.4) is 0 Å². The number of aliphatic hydroxyl groups is 3. The van der Waals surface area contributed by atoms with Gasteiger partial charge in [0.15, 0.2) is 5.78 Å². The Morgan fingerprint density at radius 1 is 1.19 bits per heavy atom. The number of nitrogens with one attached hydrogen (secondary N) is 1. The molecule has 6 nitrogen and oxygen atoms in total. The molecule has 2 unspecified atom stereocenters. The Bertz CT molecular complexity index is 908. The summed E-state index contributed by atoms with van der Waals surface area (Å²) >= 11 is 0. The van der Waals surface area contributed by atoms with Crippen molar-refractivity contribution in [1.82, 2.24) is 5.32 Å². The minimum Gasteiger partial charge on any atom is -0.393 e. The second-order valence-electron chi connectivity index (χ2n) is 9.70. The van der Waals surface area contributed by atoms with Crippen LogP contribution in [0.1, 0.15) is 73.1 Å². The molecule has 1 fully saturated rings. The highest BCUT2D eigenvalue weighted by Crippen LogP contribution is 2.23. The van der Waals surface area contributed by atoms with Crippen molar-refractivity contribution < 1.29 is 24.9 Å². The maximum absolute atomic E-state index is 12.4. The van der Waals surface area contributed by atoms with Gasteiger partial charge >= 0.3 is 0 Å². The molecule has 1 heterocycles. The van der Waals surface area contributed by atoms with Crippen LogP contribution in [0.2, 0.25) is 0 Å². The third-order valence-corrected chi connectivity index (χ3v) is 6.60. The average molecular weight is 500 g/mol. The molecule has 0 saturated carbocycles. The number of hydrogen-bond acceptors (Lipinski definition) is 5. The number of amides is 1. The van der Waals surface area contributed by atoms with Crippen molar-refractivity contribution >= 4 is 11.7 Å². The maximum atomic E-state index is 12.4. The summed E-state index contributed by atoms with van der Waals surface area (Å²) in [6.45, 7) is 13.5. The molecular formula is C30H45NO5.